The molecule has 0 N–H and O–H groups in total. The Balaban J connectivity index is 2.53. The topological polar surface area (TPSA) is 12.4 Å². The molecule has 1 nitrogen and oxygen atoms in total. The second-order valence-electron chi connectivity index (χ2n) is 2.93. The van der Waals surface area contributed by atoms with E-state index in [1.165, 1.54) is 10.5 Å². The van der Waals surface area contributed by atoms with Crippen molar-refractivity contribution >= 4 is 17.5 Å². The van der Waals surface area contributed by atoms with Gasteiger partial charge in [0.2, 0.25) is 0 Å². The fourth-order valence-corrected chi connectivity index (χ4v) is 2.50. The van der Waals surface area contributed by atoms with Crippen molar-refractivity contribution < 1.29 is 0 Å². The van der Waals surface area contributed by atoms with Crippen molar-refractivity contribution in [3.63, 3.8) is 0 Å². The SMILES string of the molecule is CC1=NC(C)Sc2ccccc21. The molecule has 1 unspecified atom stereocenters. The van der Waals surface area contributed by atoms with Gasteiger partial charge in [-0.05, 0) is 19.9 Å². The maximum absolute atomic E-state index is 4.50. The number of hydrogen-bond donors (Lipinski definition) is 0. The quantitative estimate of drug-likeness (QED) is 0.593. The van der Waals surface area contributed by atoms with Crippen LogP contribution in [0.3, 0.4) is 0 Å². The minimum atomic E-state index is 0.375. The lowest BCUT2D eigenvalue weighted by Gasteiger charge is -2.17. The van der Waals surface area contributed by atoms with Gasteiger partial charge in [0.05, 0.1) is 5.37 Å². The highest BCUT2D eigenvalue weighted by Gasteiger charge is 2.14. The summed E-state index contributed by atoms with van der Waals surface area (Å²) in [5, 5.41) is 0.375. The van der Waals surface area contributed by atoms with Crippen LogP contribution in [0.2, 0.25) is 0 Å². The summed E-state index contributed by atoms with van der Waals surface area (Å²) in [7, 11) is 0. The molecule has 12 heavy (non-hydrogen) atoms. The number of rotatable bonds is 0. The molecule has 0 aromatic heterocycles. The molecule has 0 saturated carbocycles. The van der Waals surface area contributed by atoms with E-state index >= 15 is 0 Å². The number of fused-ring (bicyclic) bond motifs is 1. The van der Waals surface area contributed by atoms with Crippen LogP contribution >= 0.6 is 11.8 Å². The molecule has 0 radical (unpaired) electrons. The average Bonchev–Trinajstić information content (AvgIpc) is 2.04. The predicted molar refractivity (Wildman–Crippen MR) is 54.0 cm³/mol. The molecule has 0 amide bonds. The number of aliphatic imine (C=N–C) groups is 1. The van der Waals surface area contributed by atoms with Crippen LogP contribution in [0.1, 0.15) is 19.4 Å². The van der Waals surface area contributed by atoms with Crippen LogP contribution in [0.15, 0.2) is 34.2 Å². The van der Waals surface area contributed by atoms with E-state index < -0.39 is 0 Å². The maximum atomic E-state index is 4.50. The molecule has 1 atom stereocenters. The van der Waals surface area contributed by atoms with Crippen LogP contribution in [-0.4, -0.2) is 11.1 Å². The highest BCUT2D eigenvalue weighted by Crippen LogP contribution is 2.31. The van der Waals surface area contributed by atoms with E-state index in [9.17, 15) is 0 Å². The van der Waals surface area contributed by atoms with Gasteiger partial charge in [-0.25, -0.2) is 0 Å². The third kappa shape index (κ3) is 1.27. The zero-order valence-electron chi connectivity index (χ0n) is 7.24. The molecular weight excluding hydrogens is 166 g/mol. The number of hydrogen-bond acceptors (Lipinski definition) is 2. The summed E-state index contributed by atoms with van der Waals surface area (Å²) in [5.41, 5.74) is 2.46. The summed E-state index contributed by atoms with van der Waals surface area (Å²) in [6, 6.07) is 8.44. The Bertz CT molecular complexity index is 330. The predicted octanol–water partition coefficient (Wildman–Crippen LogP) is 2.95. The van der Waals surface area contributed by atoms with Gasteiger partial charge < -0.3 is 0 Å². The van der Waals surface area contributed by atoms with Crippen molar-refractivity contribution in [1.29, 1.82) is 0 Å². The van der Waals surface area contributed by atoms with Crippen molar-refractivity contribution in [2.24, 2.45) is 4.99 Å². The molecule has 1 aliphatic rings. The number of thioether (sulfide) groups is 1. The van der Waals surface area contributed by atoms with E-state index in [1.54, 1.807) is 0 Å². The Morgan fingerprint density at radius 1 is 1.33 bits per heavy atom. The Kier molecular flexibility index (Phi) is 1.93. The largest absolute Gasteiger partial charge is 0.275 e. The Labute approximate surface area is 76.9 Å². The standard InChI is InChI=1S/C10H11NS/c1-7-9-5-3-4-6-10(9)12-8(2)11-7/h3-6,8H,1-2H3. The molecule has 0 saturated heterocycles. The van der Waals surface area contributed by atoms with Gasteiger partial charge in [-0.3, -0.25) is 4.99 Å². The zero-order chi connectivity index (χ0) is 8.55. The molecule has 62 valence electrons. The fraction of sp³-hybridized carbons (Fsp3) is 0.300. The van der Waals surface area contributed by atoms with E-state index in [0.717, 1.165) is 5.71 Å². The van der Waals surface area contributed by atoms with Crippen molar-refractivity contribution in [3.8, 4) is 0 Å². The zero-order valence-corrected chi connectivity index (χ0v) is 8.06. The lowest BCUT2D eigenvalue weighted by molar-refractivity contribution is 1.02. The number of nitrogens with zero attached hydrogens (tertiary/aromatic N) is 1. The van der Waals surface area contributed by atoms with Crippen molar-refractivity contribution in [3.05, 3.63) is 29.8 Å². The van der Waals surface area contributed by atoms with Gasteiger partial charge in [-0.15, -0.1) is 0 Å². The normalized spacial score (nSPS) is 21.5. The van der Waals surface area contributed by atoms with Crippen LogP contribution in [0.4, 0.5) is 0 Å². The van der Waals surface area contributed by atoms with E-state index in [-0.39, 0.29) is 0 Å². The Hall–Kier alpha value is -0.760. The second kappa shape index (κ2) is 2.94. The Morgan fingerprint density at radius 2 is 2.08 bits per heavy atom. The van der Waals surface area contributed by atoms with Gasteiger partial charge in [0, 0.05) is 16.2 Å². The molecule has 1 aromatic carbocycles. The highest BCUT2D eigenvalue weighted by molar-refractivity contribution is 8.00. The maximum Gasteiger partial charge on any atom is 0.0972 e. The van der Waals surface area contributed by atoms with Crippen molar-refractivity contribution in [2.75, 3.05) is 0 Å². The minimum absolute atomic E-state index is 0.375. The summed E-state index contributed by atoms with van der Waals surface area (Å²) in [6.07, 6.45) is 0. The summed E-state index contributed by atoms with van der Waals surface area (Å²) in [4.78, 5) is 5.86. The van der Waals surface area contributed by atoms with Crippen LogP contribution in [0, 0.1) is 0 Å². The summed E-state index contributed by atoms with van der Waals surface area (Å²) >= 11 is 1.83. The summed E-state index contributed by atoms with van der Waals surface area (Å²) in [6.45, 7) is 4.21. The molecule has 2 rings (SSSR count). The lowest BCUT2D eigenvalue weighted by atomic mass is 10.1. The monoisotopic (exact) mass is 177 g/mol. The molecule has 0 spiro atoms. The van der Waals surface area contributed by atoms with Gasteiger partial charge in [0.1, 0.15) is 0 Å². The summed E-state index contributed by atoms with van der Waals surface area (Å²) < 4.78 is 0. The van der Waals surface area contributed by atoms with Crippen LogP contribution in [-0.2, 0) is 0 Å². The van der Waals surface area contributed by atoms with Crippen LogP contribution in [0.25, 0.3) is 0 Å². The molecule has 1 aromatic rings. The van der Waals surface area contributed by atoms with Gasteiger partial charge in [-0.2, -0.15) is 0 Å². The molecule has 0 fully saturated rings. The van der Waals surface area contributed by atoms with Gasteiger partial charge >= 0.3 is 0 Å². The second-order valence-corrected chi connectivity index (χ2v) is 4.29. The third-order valence-electron chi connectivity index (χ3n) is 1.95. The number of benzene rings is 1. The van der Waals surface area contributed by atoms with Gasteiger partial charge in [0.25, 0.3) is 0 Å². The van der Waals surface area contributed by atoms with Gasteiger partial charge in [0.15, 0.2) is 0 Å². The molecule has 0 bridgehead atoms. The Morgan fingerprint density at radius 3 is 2.92 bits per heavy atom. The molecule has 1 aliphatic heterocycles. The fourth-order valence-electron chi connectivity index (χ4n) is 1.42. The van der Waals surface area contributed by atoms with Gasteiger partial charge in [-0.1, -0.05) is 30.0 Å². The average molecular weight is 177 g/mol. The molecular formula is C10H11NS. The van der Waals surface area contributed by atoms with E-state index in [4.69, 9.17) is 0 Å². The van der Waals surface area contributed by atoms with E-state index in [2.05, 4.69) is 43.1 Å². The van der Waals surface area contributed by atoms with Crippen molar-refractivity contribution in [2.45, 2.75) is 24.1 Å². The smallest absolute Gasteiger partial charge is 0.0972 e. The highest BCUT2D eigenvalue weighted by atomic mass is 32.2. The first-order valence-corrected chi connectivity index (χ1v) is 4.96. The molecule has 2 heteroatoms. The van der Waals surface area contributed by atoms with Crippen LogP contribution in [0.5, 0.6) is 0 Å². The first-order valence-electron chi connectivity index (χ1n) is 4.08. The summed E-state index contributed by atoms with van der Waals surface area (Å²) in [5.74, 6) is 0. The lowest BCUT2D eigenvalue weighted by Crippen LogP contribution is -2.08. The van der Waals surface area contributed by atoms with E-state index in [1.807, 2.05) is 11.8 Å². The molecule has 1 heterocycles. The third-order valence-corrected chi connectivity index (χ3v) is 3.01. The molecule has 0 aliphatic carbocycles. The minimum Gasteiger partial charge on any atom is -0.275 e. The first kappa shape index (κ1) is 7.87. The van der Waals surface area contributed by atoms with Crippen LogP contribution < -0.4 is 0 Å². The van der Waals surface area contributed by atoms with Crippen molar-refractivity contribution in [1.82, 2.24) is 0 Å². The van der Waals surface area contributed by atoms with E-state index in [0.29, 0.717) is 5.37 Å². The first-order chi connectivity index (χ1) is 5.77.